The highest BCUT2D eigenvalue weighted by Crippen LogP contribution is 2.15. The van der Waals surface area contributed by atoms with Crippen molar-refractivity contribution >= 4 is 11.9 Å². The second-order valence-electron chi connectivity index (χ2n) is 4.16. The van der Waals surface area contributed by atoms with Crippen molar-refractivity contribution in [3.63, 3.8) is 0 Å². The summed E-state index contributed by atoms with van der Waals surface area (Å²) in [5.41, 5.74) is 0. The van der Waals surface area contributed by atoms with Crippen LogP contribution in [-0.2, 0) is 9.59 Å². The van der Waals surface area contributed by atoms with E-state index < -0.39 is 18.7 Å². The fraction of sp³-hybridized carbons (Fsp3) is 0.818. The summed E-state index contributed by atoms with van der Waals surface area (Å²) >= 11 is 0. The van der Waals surface area contributed by atoms with E-state index in [1.54, 1.807) is 0 Å². The smallest absolute Gasteiger partial charge is 0.305 e. The van der Waals surface area contributed by atoms with E-state index in [1.165, 1.54) is 4.90 Å². The molecule has 0 saturated carbocycles. The van der Waals surface area contributed by atoms with Gasteiger partial charge in [-0.2, -0.15) is 0 Å². The summed E-state index contributed by atoms with van der Waals surface area (Å²) < 4.78 is 12.3. The summed E-state index contributed by atoms with van der Waals surface area (Å²) in [5, 5.41) is 8.81. The van der Waals surface area contributed by atoms with Gasteiger partial charge in [0.25, 0.3) is 0 Å². The van der Waals surface area contributed by atoms with Crippen molar-refractivity contribution in [2.24, 2.45) is 0 Å². The number of hydrogen-bond donors (Lipinski definition) is 1. The molecule has 1 atom stereocenters. The Morgan fingerprint density at radius 1 is 1.47 bits per heavy atom. The summed E-state index contributed by atoms with van der Waals surface area (Å²) in [4.78, 5) is 26.0. The van der Waals surface area contributed by atoms with Crippen LogP contribution >= 0.6 is 0 Å². The molecule has 1 heterocycles. The molecule has 1 unspecified atom stereocenters. The number of rotatable bonds is 6. The van der Waals surface area contributed by atoms with Gasteiger partial charge in [0.15, 0.2) is 0 Å². The van der Waals surface area contributed by atoms with E-state index in [0.29, 0.717) is 19.6 Å². The quantitative estimate of drug-likeness (QED) is 0.735. The second kappa shape index (κ2) is 6.54. The average molecular weight is 246 g/mol. The van der Waals surface area contributed by atoms with Crippen LogP contribution in [0.3, 0.4) is 0 Å². The molecule has 1 N–H and O–H groups in total. The predicted molar refractivity (Wildman–Crippen MR) is 60.5 cm³/mol. The number of nitrogens with zero attached hydrogens (tertiary/aromatic N) is 2. The molecule has 0 aromatic rings. The summed E-state index contributed by atoms with van der Waals surface area (Å²) in [7, 11) is 0. The van der Waals surface area contributed by atoms with E-state index in [1.807, 2.05) is 11.8 Å². The zero-order valence-electron chi connectivity index (χ0n) is 10.1. The molecule has 1 aliphatic heterocycles. The Kier molecular flexibility index (Phi) is 5.34. The van der Waals surface area contributed by atoms with Crippen LogP contribution in [0.25, 0.3) is 0 Å². The summed E-state index contributed by atoms with van der Waals surface area (Å²) in [5.74, 6) is -1.25. The topological polar surface area (TPSA) is 60.9 Å². The van der Waals surface area contributed by atoms with Crippen molar-refractivity contribution in [3.05, 3.63) is 0 Å². The number of amides is 1. The summed E-state index contributed by atoms with van der Waals surface area (Å²) in [6.07, 6.45) is 0.661. The number of carboxylic acid groups (broad SMARTS) is 1. The Bertz CT molecular complexity index is 286. The van der Waals surface area contributed by atoms with E-state index in [2.05, 4.69) is 0 Å². The second-order valence-corrected chi connectivity index (χ2v) is 4.16. The van der Waals surface area contributed by atoms with Crippen LogP contribution in [0.5, 0.6) is 0 Å². The first-order valence-electron chi connectivity index (χ1n) is 5.90. The van der Waals surface area contributed by atoms with E-state index in [4.69, 9.17) is 5.11 Å². The normalized spacial score (nSPS) is 21.9. The molecule has 0 radical (unpaired) electrons. The van der Waals surface area contributed by atoms with Gasteiger partial charge in [-0.05, 0) is 13.0 Å². The largest absolute Gasteiger partial charge is 0.481 e. The fourth-order valence-corrected chi connectivity index (χ4v) is 2.14. The highest BCUT2D eigenvalue weighted by Gasteiger charge is 2.35. The molecule has 1 saturated heterocycles. The van der Waals surface area contributed by atoms with Crippen LogP contribution in [0.1, 0.15) is 19.8 Å². The minimum atomic E-state index is -0.994. The number of carboxylic acids is 1. The third-order valence-electron chi connectivity index (χ3n) is 2.93. The standard InChI is InChI=1S/C11H19FN2O3/c1-2-4-13-6-7-14(5-3-12)11(17)9(13)8-10(15)16/h9H,2-8H2,1H3,(H,15,16). The van der Waals surface area contributed by atoms with Gasteiger partial charge >= 0.3 is 5.97 Å². The average Bonchev–Trinajstić information content (AvgIpc) is 2.27. The molecule has 1 fully saturated rings. The zero-order chi connectivity index (χ0) is 12.8. The molecular formula is C11H19FN2O3. The Hall–Kier alpha value is -1.17. The van der Waals surface area contributed by atoms with Crippen LogP contribution in [0.4, 0.5) is 4.39 Å². The molecule has 17 heavy (non-hydrogen) atoms. The van der Waals surface area contributed by atoms with Crippen LogP contribution in [0, 0.1) is 0 Å². The van der Waals surface area contributed by atoms with Crippen molar-refractivity contribution < 1.29 is 19.1 Å². The van der Waals surface area contributed by atoms with Crippen molar-refractivity contribution in [3.8, 4) is 0 Å². The Balaban J connectivity index is 2.71. The fourth-order valence-electron chi connectivity index (χ4n) is 2.14. The van der Waals surface area contributed by atoms with E-state index in [-0.39, 0.29) is 18.9 Å². The number of carbonyl (C=O) groups excluding carboxylic acids is 1. The lowest BCUT2D eigenvalue weighted by Crippen LogP contribution is -2.58. The maximum atomic E-state index is 12.3. The molecule has 0 spiro atoms. The van der Waals surface area contributed by atoms with Gasteiger partial charge in [0.1, 0.15) is 6.67 Å². The van der Waals surface area contributed by atoms with Crippen LogP contribution in [0.2, 0.25) is 0 Å². The van der Waals surface area contributed by atoms with Crippen LogP contribution < -0.4 is 0 Å². The lowest BCUT2D eigenvalue weighted by molar-refractivity contribution is -0.149. The maximum Gasteiger partial charge on any atom is 0.305 e. The molecule has 98 valence electrons. The van der Waals surface area contributed by atoms with E-state index >= 15 is 0 Å². The zero-order valence-corrected chi connectivity index (χ0v) is 10.1. The third-order valence-corrected chi connectivity index (χ3v) is 2.93. The monoisotopic (exact) mass is 246 g/mol. The molecule has 0 aromatic carbocycles. The van der Waals surface area contributed by atoms with E-state index in [0.717, 1.165) is 6.42 Å². The number of aliphatic carboxylic acids is 1. The molecule has 1 aliphatic rings. The Labute approximate surface area is 100 Å². The number of carbonyl (C=O) groups is 2. The van der Waals surface area contributed by atoms with Gasteiger partial charge in [0, 0.05) is 19.6 Å². The maximum absolute atomic E-state index is 12.3. The first-order valence-corrected chi connectivity index (χ1v) is 5.90. The molecule has 0 bridgehead atoms. The molecule has 1 rings (SSSR count). The molecule has 6 heteroatoms. The lowest BCUT2D eigenvalue weighted by Gasteiger charge is -2.39. The number of hydrogen-bond acceptors (Lipinski definition) is 3. The predicted octanol–water partition coefficient (Wildman–Crippen LogP) is 0.353. The van der Waals surface area contributed by atoms with Crippen molar-refractivity contribution in [2.45, 2.75) is 25.8 Å². The van der Waals surface area contributed by atoms with Gasteiger partial charge in [-0.25, -0.2) is 4.39 Å². The number of alkyl halides is 1. The lowest BCUT2D eigenvalue weighted by atomic mass is 10.1. The third kappa shape index (κ3) is 3.66. The summed E-state index contributed by atoms with van der Waals surface area (Å²) in [6, 6.07) is -0.632. The van der Waals surface area contributed by atoms with Gasteiger partial charge in [-0.1, -0.05) is 6.92 Å². The van der Waals surface area contributed by atoms with Crippen molar-refractivity contribution in [1.82, 2.24) is 9.80 Å². The number of halogens is 1. The first-order chi connectivity index (χ1) is 8.10. The SMILES string of the molecule is CCCN1CCN(CCF)C(=O)C1CC(=O)O. The molecule has 1 amide bonds. The molecular weight excluding hydrogens is 227 g/mol. The summed E-state index contributed by atoms with van der Waals surface area (Å²) in [6.45, 7) is 3.27. The van der Waals surface area contributed by atoms with Gasteiger partial charge in [-0.3, -0.25) is 14.5 Å². The highest BCUT2D eigenvalue weighted by molar-refractivity contribution is 5.86. The number of piperazine rings is 1. The Morgan fingerprint density at radius 2 is 2.18 bits per heavy atom. The van der Waals surface area contributed by atoms with Crippen molar-refractivity contribution in [1.29, 1.82) is 0 Å². The van der Waals surface area contributed by atoms with Gasteiger partial charge in [0.2, 0.25) is 5.91 Å². The van der Waals surface area contributed by atoms with Crippen LogP contribution in [-0.4, -0.2) is 65.7 Å². The van der Waals surface area contributed by atoms with E-state index in [9.17, 15) is 14.0 Å². The van der Waals surface area contributed by atoms with Gasteiger partial charge < -0.3 is 10.0 Å². The Morgan fingerprint density at radius 3 is 2.71 bits per heavy atom. The molecule has 5 nitrogen and oxygen atoms in total. The highest BCUT2D eigenvalue weighted by atomic mass is 19.1. The minimum absolute atomic E-state index is 0.0644. The van der Waals surface area contributed by atoms with Gasteiger partial charge in [0.05, 0.1) is 12.5 Å². The van der Waals surface area contributed by atoms with Gasteiger partial charge in [-0.15, -0.1) is 0 Å². The molecule has 0 aromatic heterocycles. The van der Waals surface area contributed by atoms with Crippen molar-refractivity contribution in [2.75, 3.05) is 32.9 Å². The van der Waals surface area contributed by atoms with Crippen LogP contribution in [0.15, 0.2) is 0 Å². The molecule has 0 aliphatic carbocycles. The minimum Gasteiger partial charge on any atom is -0.481 e. The first kappa shape index (κ1) is 13.9.